The van der Waals surface area contributed by atoms with Crippen LogP contribution in [0, 0.1) is 5.92 Å². The zero-order valence-corrected chi connectivity index (χ0v) is 15.9. The molecule has 0 aromatic heterocycles. The Labute approximate surface area is 154 Å². The number of carbonyl (C=O) groups excluding carboxylic acids is 1. The molecule has 138 valence electrons. The van der Waals surface area contributed by atoms with E-state index in [9.17, 15) is 13.2 Å². The minimum atomic E-state index is -3.58. The van der Waals surface area contributed by atoms with Crippen molar-refractivity contribution >= 4 is 27.5 Å². The van der Waals surface area contributed by atoms with E-state index in [2.05, 4.69) is 5.32 Å². The highest BCUT2D eigenvalue weighted by Gasteiger charge is 2.34. The van der Waals surface area contributed by atoms with E-state index < -0.39 is 10.0 Å². The first kappa shape index (κ1) is 18.7. The lowest BCUT2D eigenvalue weighted by Gasteiger charge is -2.32. The van der Waals surface area contributed by atoms with E-state index in [1.165, 1.54) is 22.9 Å². The molecule has 1 unspecified atom stereocenters. The molecule has 1 saturated carbocycles. The minimum absolute atomic E-state index is 0.00269. The lowest BCUT2D eigenvalue weighted by Crippen LogP contribution is -2.47. The summed E-state index contributed by atoms with van der Waals surface area (Å²) in [5.41, 5.74) is 0. The van der Waals surface area contributed by atoms with Crippen LogP contribution in [0.1, 0.15) is 44.9 Å². The number of nitrogens with zero attached hydrogens (tertiary/aromatic N) is 1. The Morgan fingerprint density at radius 3 is 2.40 bits per heavy atom. The molecule has 1 heterocycles. The van der Waals surface area contributed by atoms with Crippen molar-refractivity contribution in [2.75, 3.05) is 13.1 Å². The molecular weight excluding hydrogens is 360 g/mol. The molecule has 1 amide bonds. The maximum absolute atomic E-state index is 12.8. The van der Waals surface area contributed by atoms with Crippen LogP contribution in [0.2, 0.25) is 5.02 Å². The predicted octanol–water partition coefficient (Wildman–Crippen LogP) is 3.19. The van der Waals surface area contributed by atoms with Gasteiger partial charge in [-0.15, -0.1) is 0 Å². The van der Waals surface area contributed by atoms with E-state index in [1.807, 2.05) is 0 Å². The van der Waals surface area contributed by atoms with Crippen LogP contribution >= 0.6 is 11.6 Å². The molecule has 1 N–H and O–H groups in total. The van der Waals surface area contributed by atoms with Gasteiger partial charge >= 0.3 is 0 Å². The SMILES string of the molecule is O=C(NC1CCCCC1)C1CCCN(S(=O)(=O)c2ccc(Cl)cc2)C1. The van der Waals surface area contributed by atoms with Gasteiger partial charge < -0.3 is 5.32 Å². The second-order valence-electron chi connectivity index (χ2n) is 7.00. The van der Waals surface area contributed by atoms with Crippen molar-refractivity contribution in [1.82, 2.24) is 9.62 Å². The Hall–Kier alpha value is -1.11. The molecule has 1 aliphatic carbocycles. The fraction of sp³-hybridized carbons (Fsp3) is 0.611. The second-order valence-corrected chi connectivity index (χ2v) is 9.37. The second kappa shape index (κ2) is 8.06. The molecule has 25 heavy (non-hydrogen) atoms. The van der Waals surface area contributed by atoms with E-state index in [-0.39, 0.29) is 29.3 Å². The molecule has 1 atom stereocenters. The topological polar surface area (TPSA) is 66.5 Å². The van der Waals surface area contributed by atoms with Gasteiger partial charge in [0.2, 0.25) is 15.9 Å². The average molecular weight is 385 g/mol. The third-order valence-electron chi connectivity index (χ3n) is 5.16. The Bertz CT molecular complexity index is 700. The quantitative estimate of drug-likeness (QED) is 0.866. The lowest BCUT2D eigenvalue weighted by molar-refractivity contribution is -0.127. The van der Waals surface area contributed by atoms with Crippen LogP contribution in [-0.4, -0.2) is 37.8 Å². The van der Waals surface area contributed by atoms with Gasteiger partial charge in [0.25, 0.3) is 0 Å². The van der Waals surface area contributed by atoms with Crippen molar-refractivity contribution in [3.8, 4) is 0 Å². The third kappa shape index (κ3) is 4.54. The number of hydrogen-bond acceptors (Lipinski definition) is 3. The Morgan fingerprint density at radius 1 is 1.04 bits per heavy atom. The highest BCUT2D eigenvalue weighted by molar-refractivity contribution is 7.89. The highest BCUT2D eigenvalue weighted by atomic mass is 35.5. The summed E-state index contributed by atoms with van der Waals surface area (Å²) >= 11 is 5.84. The summed E-state index contributed by atoms with van der Waals surface area (Å²) < 4.78 is 27.1. The van der Waals surface area contributed by atoms with Crippen molar-refractivity contribution in [2.45, 2.75) is 55.9 Å². The molecule has 1 aromatic rings. The van der Waals surface area contributed by atoms with Crippen LogP contribution in [0.15, 0.2) is 29.2 Å². The molecule has 1 aliphatic heterocycles. The Kier molecular flexibility index (Phi) is 6.02. The third-order valence-corrected chi connectivity index (χ3v) is 7.29. The molecule has 0 radical (unpaired) electrons. The summed E-state index contributed by atoms with van der Waals surface area (Å²) in [6.07, 6.45) is 7.07. The first-order chi connectivity index (χ1) is 12.0. The van der Waals surface area contributed by atoms with E-state index >= 15 is 0 Å². The number of sulfonamides is 1. The maximum atomic E-state index is 12.8. The fourth-order valence-electron chi connectivity index (χ4n) is 3.70. The van der Waals surface area contributed by atoms with Crippen LogP contribution in [-0.2, 0) is 14.8 Å². The Balaban J connectivity index is 1.65. The van der Waals surface area contributed by atoms with E-state index in [1.54, 1.807) is 12.1 Å². The van der Waals surface area contributed by atoms with Crippen LogP contribution in [0.25, 0.3) is 0 Å². The number of nitrogens with one attached hydrogen (secondary N) is 1. The molecule has 0 spiro atoms. The monoisotopic (exact) mass is 384 g/mol. The Morgan fingerprint density at radius 2 is 1.72 bits per heavy atom. The summed E-state index contributed by atoms with van der Waals surface area (Å²) in [6.45, 7) is 0.710. The summed E-state index contributed by atoms with van der Waals surface area (Å²) in [7, 11) is -3.58. The zero-order chi connectivity index (χ0) is 17.9. The van der Waals surface area contributed by atoms with E-state index in [4.69, 9.17) is 11.6 Å². The standard InChI is InChI=1S/C18H25ClN2O3S/c19-15-8-10-17(11-9-15)25(23,24)21-12-4-5-14(13-21)18(22)20-16-6-2-1-3-7-16/h8-11,14,16H,1-7,12-13H2,(H,20,22). The molecular formula is C18H25ClN2O3S. The van der Waals surface area contributed by atoms with Gasteiger partial charge in [-0.3, -0.25) is 4.79 Å². The van der Waals surface area contributed by atoms with Gasteiger partial charge in [0.15, 0.2) is 0 Å². The molecule has 3 rings (SSSR count). The number of carbonyl (C=O) groups is 1. The predicted molar refractivity (Wildman–Crippen MR) is 98.0 cm³/mol. The van der Waals surface area contributed by atoms with Gasteiger partial charge in [0, 0.05) is 24.2 Å². The molecule has 2 fully saturated rings. The minimum Gasteiger partial charge on any atom is -0.353 e. The molecule has 1 aromatic carbocycles. The normalized spacial score (nSPS) is 23.3. The van der Waals surface area contributed by atoms with Crippen LogP contribution in [0.5, 0.6) is 0 Å². The molecule has 0 bridgehead atoms. The van der Waals surface area contributed by atoms with Crippen LogP contribution in [0.3, 0.4) is 0 Å². The smallest absolute Gasteiger partial charge is 0.243 e. The molecule has 7 heteroatoms. The van der Waals surface area contributed by atoms with Gasteiger partial charge in [0.1, 0.15) is 0 Å². The lowest BCUT2D eigenvalue weighted by atomic mass is 9.93. The van der Waals surface area contributed by atoms with Crippen molar-refractivity contribution < 1.29 is 13.2 Å². The maximum Gasteiger partial charge on any atom is 0.243 e. The summed E-state index contributed by atoms with van der Waals surface area (Å²) in [6, 6.07) is 6.44. The van der Waals surface area contributed by atoms with E-state index in [0.29, 0.717) is 18.0 Å². The number of rotatable bonds is 4. The zero-order valence-electron chi connectivity index (χ0n) is 14.3. The number of piperidine rings is 1. The summed E-state index contributed by atoms with van der Waals surface area (Å²) in [5, 5.41) is 3.63. The van der Waals surface area contributed by atoms with Crippen molar-refractivity contribution in [2.24, 2.45) is 5.92 Å². The fourth-order valence-corrected chi connectivity index (χ4v) is 5.35. The average Bonchev–Trinajstić information content (AvgIpc) is 2.63. The number of amides is 1. The van der Waals surface area contributed by atoms with Gasteiger partial charge in [-0.25, -0.2) is 8.42 Å². The number of halogens is 1. The first-order valence-corrected chi connectivity index (χ1v) is 10.8. The molecule has 1 saturated heterocycles. The van der Waals surface area contributed by atoms with Gasteiger partial charge in [-0.05, 0) is 49.9 Å². The van der Waals surface area contributed by atoms with Gasteiger partial charge in [-0.1, -0.05) is 30.9 Å². The summed E-state index contributed by atoms with van der Waals surface area (Å²) in [5.74, 6) is -0.263. The van der Waals surface area contributed by atoms with Crippen LogP contribution in [0.4, 0.5) is 0 Å². The number of hydrogen-bond donors (Lipinski definition) is 1. The first-order valence-electron chi connectivity index (χ1n) is 9.03. The van der Waals surface area contributed by atoms with Crippen LogP contribution < -0.4 is 5.32 Å². The highest BCUT2D eigenvalue weighted by Crippen LogP contribution is 2.25. The summed E-state index contributed by atoms with van der Waals surface area (Å²) in [4.78, 5) is 12.8. The van der Waals surface area contributed by atoms with E-state index in [0.717, 1.165) is 32.1 Å². The number of benzene rings is 1. The van der Waals surface area contributed by atoms with Crippen molar-refractivity contribution in [1.29, 1.82) is 0 Å². The molecule has 2 aliphatic rings. The van der Waals surface area contributed by atoms with Gasteiger partial charge in [-0.2, -0.15) is 4.31 Å². The van der Waals surface area contributed by atoms with Crippen molar-refractivity contribution in [3.05, 3.63) is 29.3 Å². The molecule has 5 nitrogen and oxygen atoms in total. The largest absolute Gasteiger partial charge is 0.353 e. The van der Waals surface area contributed by atoms with Crippen molar-refractivity contribution in [3.63, 3.8) is 0 Å². The van der Waals surface area contributed by atoms with Gasteiger partial charge in [0.05, 0.1) is 10.8 Å².